The van der Waals surface area contributed by atoms with E-state index in [0.717, 1.165) is 0 Å². The summed E-state index contributed by atoms with van der Waals surface area (Å²) in [5.74, 6) is -0.805. The van der Waals surface area contributed by atoms with Crippen molar-refractivity contribution >= 4 is 22.9 Å². The first-order valence-corrected chi connectivity index (χ1v) is 10.8. The SMILES string of the molecule is CC1(C)C(=O)Oc2c(Cc3nc4cc(C(=O)NCC5(C(F)(F)F)CC5)ccc4[nH]3)cc(F)cc21. The molecule has 1 amide bonds. The van der Waals surface area contributed by atoms with Crippen molar-refractivity contribution in [3.8, 4) is 5.75 Å². The Kier molecular flexibility index (Phi) is 4.79. The van der Waals surface area contributed by atoms with E-state index >= 15 is 0 Å². The minimum atomic E-state index is -4.35. The molecule has 2 aliphatic rings. The molecule has 0 unspecified atom stereocenters. The van der Waals surface area contributed by atoms with Gasteiger partial charge in [-0.3, -0.25) is 9.59 Å². The van der Waals surface area contributed by atoms with Gasteiger partial charge in [-0.1, -0.05) is 0 Å². The molecule has 3 aromatic rings. The largest absolute Gasteiger partial charge is 0.425 e. The Morgan fingerprint density at radius 1 is 1.21 bits per heavy atom. The molecule has 10 heteroatoms. The van der Waals surface area contributed by atoms with Gasteiger partial charge in [-0.25, -0.2) is 9.37 Å². The number of nitrogens with one attached hydrogen (secondary N) is 2. The highest BCUT2D eigenvalue weighted by molar-refractivity contribution is 5.97. The number of carbonyl (C=O) groups is 2. The molecule has 2 heterocycles. The predicted molar refractivity (Wildman–Crippen MR) is 114 cm³/mol. The lowest BCUT2D eigenvalue weighted by atomic mass is 9.85. The molecule has 0 spiro atoms. The number of rotatable bonds is 5. The van der Waals surface area contributed by atoms with E-state index in [1.54, 1.807) is 19.9 Å². The van der Waals surface area contributed by atoms with E-state index in [1.165, 1.54) is 24.3 Å². The molecule has 1 aliphatic heterocycles. The van der Waals surface area contributed by atoms with Gasteiger partial charge in [0.2, 0.25) is 0 Å². The molecule has 1 fully saturated rings. The number of hydrogen-bond donors (Lipinski definition) is 2. The van der Waals surface area contributed by atoms with Crippen LogP contribution < -0.4 is 10.1 Å². The summed E-state index contributed by atoms with van der Waals surface area (Å²) in [5.41, 5.74) is -0.646. The van der Waals surface area contributed by atoms with Crippen molar-refractivity contribution in [2.45, 2.75) is 44.7 Å². The zero-order chi connectivity index (χ0) is 24.5. The Balaban J connectivity index is 1.37. The van der Waals surface area contributed by atoms with Crippen LogP contribution >= 0.6 is 0 Å². The third-order valence-electron chi connectivity index (χ3n) is 6.70. The van der Waals surface area contributed by atoms with Crippen LogP contribution in [0.3, 0.4) is 0 Å². The number of halogens is 4. The number of ether oxygens (including phenoxy) is 1. The molecule has 5 rings (SSSR count). The fourth-order valence-electron chi connectivity index (χ4n) is 4.22. The number of nitrogens with zero attached hydrogens (tertiary/aromatic N) is 1. The van der Waals surface area contributed by atoms with Crippen LogP contribution in [0.25, 0.3) is 11.0 Å². The average molecular weight is 475 g/mol. The van der Waals surface area contributed by atoms with Gasteiger partial charge in [0.15, 0.2) is 0 Å². The van der Waals surface area contributed by atoms with Crippen LogP contribution in [0, 0.1) is 11.2 Å². The van der Waals surface area contributed by atoms with Gasteiger partial charge < -0.3 is 15.0 Å². The van der Waals surface area contributed by atoms with Crippen LogP contribution in [-0.2, 0) is 16.6 Å². The highest BCUT2D eigenvalue weighted by atomic mass is 19.4. The summed E-state index contributed by atoms with van der Waals surface area (Å²) < 4.78 is 59.0. The molecule has 0 radical (unpaired) electrons. The number of aromatic amines is 1. The Bertz CT molecular complexity index is 1340. The van der Waals surface area contributed by atoms with Crippen molar-refractivity contribution < 1.29 is 31.9 Å². The van der Waals surface area contributed by atoms with Crippen molar-refractivity contribution in [1.82, 2.24) is 15.3 Å². The summed E-state index contributed by atoms with van der Waals surface area (Å²) in [4.78, 5) is 32.2. The second-order valence-corrected chi connectivity index (χ2v) is 9.51. The van der Waals surface area contributed by atoms with E-state index in [1.807, 2.05) is 0 Å². The number of amides is 1. The molecule has 2 N–H and O–H groups in total. The first-order chi connectivity index (χ1) is 15.9. The highest BCUT2D eigenvalue weighted by Gasteiger charge is 2.63. The van der Waals surface area contributed by atoms with Crippen molar-refractivity contribution in [3.05, 3.63) is 58.7 Å². The van der Waals surface area contributed by atoms with Gasteiger partial charge in [-0.15, -0.1) is 0 Å². The van der Waals surface area contributed by atoms with E-state index in [0.29, 0.717) is 33.7 Å². The lowest BCUT2D eigenvalue weighted by Gasteiger charge is -2.19. The molecule has 0 saturated heterocycles. The monoisotopic (exact) mass is 475 g/mol. The second kappa shape index (κ2) is 7.28. The van der Waals surface area contributed by atoms with Gasteiger partial charge in [-0.2, -0.15) is 13.2 Å². The van der Waals surface area contributed by atoms with Gasteiger partial charge in [0.25, 0.3) is 5.91 Å². The van der Waals surface area contributed by atoms with E-state index in [9.17, 15) is 27.2 Å². The van der Waals surface area contributed by atoms with Crippen LogP contribution in [0.5, 0.6) is 5.75 Å². The van der Waals surface area contributed by atoms with Crippen molar-refractivity contribution in [2.75, 3.05) is 6.54 Å². The first kappa shape index (κ1) is 22.4. The summed E-state index contributed by atoms with van der Waals surface area (Å²) in [6.45, 7) is 2.87. The number of hydrogen-bond acceptors (Lipinski definition) is 4. The topological polar surface area (TPSA) is 84.1 Å². The van der Waals surface area contributed by atoms with Crippen LogP contribution in [0.2, 0.25) is 0 Å². The third kappa shape index (κ3) is 3.61. The van der Waals surface area contributed by atoms with Gasteiger partial charge in [0.05, 0.1) is 21.9 Å². The van der Waals surface area contributed by atoms with Crippen LogP contribution in [0.4, 0.5) is 17.6 Å². The summed E-state index contributed by atoms with van der Waals surface area (Å²) in [6.07, 6.45) is -4.18. The maximum atomic E-state index is 14.3. The second-order valence-electron chi connectivity index (χ2n) is 9.51. The number of fused-ring (bicyclic) bond motifs is 2. The molecule has 0 bridgehead atoms. The molecule has 1 saturated carbocycles. The molecule has 2 aromatic carbocycles. The average Bonchev–Trinajstić information content (AvgIpc) is 3.40. The van der Waals surface area contributed by atoms with Gasteiger partial charge >= 0.3 is 12.1 Å². The van der Waals surface area contributed by atoms with Crippen LogP contribution in [0.1, 0.15) is 54.0 Å². The minimum absolute atomic E-state index is 0.00875. The number of aromatic nitrogens is 2. The number of carbonyl (C=O) groups excluding carboxylic acids is 2. The molecule has 178 valence electrons. The number of H-pyrrole nitrogens is 1. The lowest BCUT2D eigenvalue weighted by molar-refractivity contribution is -0.184. The number of esters is 1. The minimum Gasteiger partial charge on any atom is -0.425 e. The van der Waals surface area contributed by atoms with E-state index in [2.05, 4.69) is 15.3 Å². The smallest absolute Gasteiger partial charge is 0.396 e. The van der Waals surface area contributed by atoms with Crippen LogP contribution in [-0.4, -0.2) is 34.6 Å². The number of alkyl halides is 3. The predicted octanol–water partition coefficient (Wildman–Crippen LogP) is 4.56. The molecule has 1 aromatic heterocycles. The van der Waals surface area contributed by atoms with E-state index < -0.39 is 41.2 Å². The van der Waals surface area contributed by atoms with Crippen molar-refractivity contribution in [2.24, 2.45) is 5.41 Å². The third-order valence-corrected chi connectivity index (χ3v) is 6.70. The summed E-state index contributed by atoms with van der Waals surface area (Å²) in [6, 6.07) is 7.16. The summed E-state index contributed by atoms with van der Waals surface area (Å²) in [5, 5.41) is 2.38. The zero-order valence-corrected chi connectivity index (χ0v) is 18.4. The standard InChI is InChI=1S/C24H21F4N3O3/c1-22(2)15-10-14(25)7-13(19(15)34-21(22)33)9-18-30-16-4-3-12(8-17(16)31-18)20(32)29-11-23(5-6-23)24(26,27)28/h3-4,7-8,10H,5-6,9,11H2,1-2H3,(H,29,32)(H,30,31). The molecular formula is C24H21F4N3O3. The van der Waals surface area contributed by atoms with Gasteiger partial charge in [-0.05, 0) is 57.0 Å². The fourth-order valence-corrected chi connectivity index (χ4v) is 4.22. The number of imidazole rings is 1. The lowest BCUT2D eigenvalue weighted by Crippen LogP contribution is -2.38. The Labute approximate surface area is 191 Å². The van der Waals surface area contributed by atoms with E-state index in [-0.39, 0.29) is 24.8 Å². The van der Waals surface area contributed by atoms with Gasteiger partial charge in [0, 0.05) is 29.7 Å². The first-order valence-electron chi connectivity index (χ1n) is 10.8. The molecule has 6 nitrogen and oxygen atoms in total. The molecule has 34 heavy (non-hydrogen) atoms. The molecule has 1 aliphatic carbocycles. The Hall–Kier alpha value is -3.43. The molecular weight excluding hydrogens is 454 g/mol. The Morgan fingerprint density at radius 2 is 1.94 bits per heavy atom. The fraction of sp³-hybridized carbons (Fsp3) is 0.375. The summed E-state index contributed by atoms with van der Waals surface area (Å²) >= 11 is 0. The summed E-state index contributed by atoms with van der Waals surface area (Å²) in [7, 11) is 0. The van der Waals surface area contributed by atoms with Gasteiger partial charge in [0.1, 0.15) is 17.4 Å². The number of benzene rings is 2. The Morgan fingerprint density at radius 3 is 2.62 bits per heavy atom. The maximum absolute atomic E-state index is 14.3. The zero-order valence-electron chi connectivity index (χ0n) is 18.4. The van der Waals surface area contributed by atoms with Crippen molar-refractivity contribution in [3.63, 3.8) is 0 Å². The van der Waals surface area contributed by atoms with Crippen molar-refractivity contribution in [1.29, 1.82) is 0 Å². The van der Waals surface area contributed by atoms with Crippen LogP contribution in [0.15, 0.2) is 30.3 Å². The molecule has 0 atom stereocenters. The maximum Gasteiger partial charge on any atom is 0.396 e. The van der Waals surface area contributed by atoms with E-state index in [4.69, 9.17) is 4.74 Å². The quantitative estimate of drug-likeness (QED) is 0.322. The normalized spacial score (nSPS) is 18.0. The highest BCUT2D eigenvalue weighted by Crippen LogP contribution is 2.57.